The number of anilines is 3. The second kappa shape index (κ2) is 6.39. The van der Waals surface area contributed by atoms with E-state index in [0.717, 1.165) is 39.9 Å². The van der Waals surface area contributed by atoms with E-state index in [0.29, 0.717) is 5.92 Å². The van der Waals surface area contributed by atoms with Crippen LogP contribution in [-0.4, -0.2) is 0 Å². The Balaban J connectivity index is 1.49. The third-order valence-electron chi connectivity index (χ3n) is 9.80. The van der Waals surface area contributed by atoms with Crippen LogP contribution in [0.4, 0.5) is 17.2 Å². The van der Waals surface area contributed by atoms with Crippen molar-refractivity contribution < 1.29 is 18.6 Å². The first-order valence-corrected chi connectivity index (χ1v) is 14.2. The molecule has 5 aliphatic rings. The van der Waals surface area contributed by atoms with Crippen molar-refractivity contribution >= 4 is 17.2 Å². The lowest BCUT2D eigenvalue weighted by molar-refractivity contribution is -0.937. The fourth-order valence-electron chi connectivity index (χ4n) is 8.07. The molecule has 3 aromatic carbocycles. The highest BCUT2D eigenvalue weighted by Crippen LogP contribution is 2.63. The average Bonchev–Trinajstić information content (AvgIpc) is 3.25. The number of hydrogen-bond donors (Lipinski definition) is 0. The first kappa shape index (κ1) is 21.2. The molecule has 0 radical (unpaired) electrons. The summed E-state index contributed by atoms with van der Waals surface area (Å²) in [5, 5.41) is 0. The zero-order valence-electron chi connectivity index (χ0n) is 22.8. The smallest absolute Gasteiger partial charge is 0.381 e. The van der Waals surface area contributed by atoms with E-state index in [4.69, 9.17) is 9.47 Å². The monoisotopic (exact) mass is 521 g/mol. The number of benzene rings is 3. The van der Waals surface area contributed by atoms with Crippen molar-refractivity contribution in [2.45, 2.75) is 44.7 Å². The summed E-state index contributed by atoms with van der Waals surface area (Å²) < 4.78 is 18.5. The summed E-state index contributed by atoms with van der Waals surface area (Å²) in [5.74, 6) is 5.05. The van der Waals surface area contributed by atoms with Gasteiger partial charge in [0.15, 0.2) is 22.6 Å². The summed E-state index contributed by atoms with van der Waals surface area (Å²) in [7, 11) is 0. The van der Waals surface area contributed by atoms with Crippen LogP contribution in [0.2, 0.25) is 0 Å². The molecule has 10 rings (SSSR count). The Morgan fingerprint density at radius 2 is 1.40 bits per heavy atom. The number of aromatic nitrogens is 2. The van der Waals surface area contributed by atoms with Crippen LogP contribution in [0.5, 0.6) is 23.1 Å². The Morgan fingerprint density at radius 3 is 2.23 bits per heavy atom. The van der Waals surface area contributed by atoms with Crippen LogP contribution in [0.1, 0.15) is 61.4 Å². The third-order valence-corrected chi connectivity index (χ3v) is 9.80. The normalized spacial score (nSPS) is 19.9. The third kappa shape index (κ3) is 2.02. The molecule has 0 saturated carbocycles. The standard InChI is InChI=1S/C35H27N3O2/c1-19(2)20-17-26-24-16-15-22-33-36(23-10-6-5-9-21(23)34(22,3)4)25-11-7-12-27-31(25)35(38(24)33)32-28(39-27)13-8-14-29(32)40-30(18-20)37(26)35/h5-19H,1-4H3/q+2. The van der Waals surface area contributed by atoms with E-state index in [-0.39, 0.29) is 5.41 Å². The maximum absolute atomic E-state index is 6.76. The molecule has 2 aromatic heterocycles. The molecule has 0 amide bonds. The fraction of sp³-hybridized carbons (Fsp3) is 0.200. The lowest BCUT2D eigenvalue weighted by atomic mass is 9.72. The SMILES string of the molecule is CC(C)c1cc2[n+]3c(c1)-c1ccc4c5[n+]1C31c3c(cccc3O2)Oc2cccc(c21)N5c1ccccc1C4(C)C. The van der Waals surface area contributed by atoms with Gasteiger partial charge >= 0.3 is 11.5 Å². The van der Waals surface area contributed by atoms with Crippen molar-refractivity contribution in [1.82, 2.24) is 0 Å². The van der Waals surface area contributed by atoms with E-state index >= 15 is 0 Å². The molecule has 1 atom stereocenters. The van der Waals surface area contributed by atoms with Gasteiger partial charge in [0, 0.05) is 17.0 Å². The lowest BCUT2D eigenvalue weighted by Crippen LogP contribution is -2.75. The van der Waals surface area contributed by atoms with E-state index in [2.05, 4.69) is 121 Å². The summed E-state index contributed by atoms with van der Waals surface area (Å²) >= 11 is 0. The van der Waals surface area contributed by atoms with Crippen molar-refractivity contribution in [3.05, 3.63) is 113 Å². The van der Waals surface area contributed by atoms with Crippen LogP contribution in [0.25, 0.3) is 11.4 Å². The zero-order chi connectivity index (χ0) is 26.7. The predicted octanol–water partition coefficient (Wildman–Crippen LogP) is 7.30. The number of hydrogen-bond acceptors (Lipinski definition) is 3. The van der Waals surface area contributed by atoms with Crippen molar-refractivity contribution in [3.63, 3.8) is 0 Å². The number of pyridine rings is 2. The zero-order valence-corrected chi connectivity index (χ0v) is 22.8. The molecule has 5 heteroatoms. The van der Waals surface area contributed by atoms with Gasteiger partial charge in [-0.3, -0.25) is 0 Å². The van der Waals surface area contributed by atoms with Gasteiger partial charge in [0.05, 0.1) is 11.6 Å². The quantitative estimate of drug-likeness (QED) is 0.212. The predicted molar refractivity (Wildman–Crippen MR) is 151 cm³/mol. The summed E-state index contributed by atoms with van der Waals surface area (Å²) in [6.45, 7) is 9.22. The molecule has 40 heavy (non-hydrogen) atoms. The van der Waals surface area contributed by atoms with Crippen LogP contribution < -0.4 is 23.5 Å². The average molecular weight is 522 g/mol. The van der Waals surface area contributed by atoms with Crippen LogP contribution in [0.15, 0.2) is 84.9 Å². The Hall–Kier alpha value is -4.64. The van der Waals surface area contributed by atoms with Gasteiger partial charge in [0.2, 0.25) is 5.69 Å². The Labute approximate surface area is 232 Å². The van der Waals surface area contributed by atoms with Crippen molar-refractivity contribution in [3.8, 4) is 34.5 Å². The molecule has 0 fully saturated rings. The minimum Gasteiger partial charge on any atom is -0.455 e. The molecule has 0 saturated heterocycles. The Kier molecular flexibility index (Phi) is 3.39. The largest absolute Gasteiger partial charge is 0.455 e. The van der Waals surface area contributed by atoms with Crippen molar-refractivity contribution in [1.29, 1.82) is 0 Å². The maximum atomic E-state index is 6.76. The number of nitrogens with zero attached hydrogens (tertiary/aromatic N) is 3. The minimum absolute atomic E-state index is 0.180. The van der Waals surface area contributed by atoms with Gasteiger partial charge in [-0.1, -0.05) is 58.0 Å². The molecule has 5 nitrogen and oxygen atoms in total. The Bertz CT molecular complexity index is 2040. The first-order valence-electron chi connectivity index (χ1n) is 14.2. The second-order valence-corrected chi connectivity index (χ2v) is 12.4. The van der Waals surface area contributed by atoms with Crippen molar-refractivity contribution in [2.24, 2.45) is 0 Å². The molecule has 0 bridgehead atoms. The molecule has 0 N–H and O–H groups in total. The number of para-hydroxylation sites is 1. The molecular formula is C35H27N3O2+2. The molecule has 5 aromatic rings. The highest BCUT2D eigenvalue weighted by atomic mass is 16.5. The summed E-state index contributed by atoms with van der Waals surface area (Å²) in [6.07, 6.45) is 0. The summed E-state index contributed by atoms with van der Waals surface area (Å²) in [6, 6.07) is 30.9. The van der Waals surface area contributed by atoms with E-state index < -0.39 is 5.66 Å². The second-order valence-electron chi connectivity index (χ2n) is 12.4. The van der Waals surface area contributed by atoms with Crippen LogP contribution in [-0.2, 0) is 11.1 Å². The molecule has 1 unspecified atom stereocenters. The van der Waals surface area contributed by atoms with E-state index in [1.807, 2.05) is 6.07 Å². The van der Waals surface area contributed by atoms with Gasteiger partial charge in [-0.15, -0.1) is 9.13 Å². The van der Waals surface area contributed by atoms with Gasteiger partial charge in [-0.05, 0) is 53.9 Å². The molecule has 1 spiro atoms. The molecule has 5 aliphatic heterocycles. The number of fused-ring (bicyclic) bond motifs is 4. The summed E-state index contributed by atoms with van der Waals surface area (Å²) in [5.41, 5.74) is 10.0. The summed E-state index contributed by atoms with van der Waals surface area (Å²) in [4.78, 5) is 2.48. The van der Waals surface area contributed by atoms with Gasteiger partial charge < -0.3 is 9.47 Å². The number of ether oxygens (including phenoxy) is 2. The molecular weight excluding hydrogens is 494 g/mol. The first-order chi connectivity index (χ1) is 19.4. The van der Waals surface area contributed by atoms with Gasteiger partial charge in [-0.2, -0.15) is 4.90 Å². The van der Waals surface area contributed by atoms with Crippen LogP contribution >= 0.6 is 0 Å². The van der Waals surface area contributed by atoms with Gasteiger partial charge in [-0.25, -0.2) is 0 Å². The Morgan fingerprint density at radius 1 is 0.675 bits per heavy atom. The van der Waals surface area contributed by atoms with Crippen molar-refractivity contribution in [2.75, 3.05) is 4.90 Å². The maximum Gasteiger partial charge on any atom is 0.381 e. The van der Waals surface area contributed by atoms with E-state index in [9.17, 15) is 0 Å². The van der Waals surface area contributed by atoms with Crippen LogP contribution in [0.3, 0.4) is 0 Å². The molecule has 192 valence electrons. The van der Waals surface area contributed by atoms with E-state index in [1.165, 1.54) is 39.6 Å². The topological polar surface area (TPSA) is 29.5 Å². The van der Waals surface area contributed by atoms with E-state index in [1.54, 1.807) is 0 Å². The fourth-order valence-corrected chi connectivity index (χ4v) is 8.07. The highest BCUT2D eigenvalue weighted by Gasteiger charge is 2.73. The number of rotatable bonds is 1. The van der Waals surface area contributed by atoms with Gasteiger partial charge in [0.1, 0.15) is 17.2 Å². The molecule has 7 heterocycles. The lowest BCUT2D eigenvalue weighted by Gasteiger charge is -2.44. The minimum atomic E-state index is -0.659. The van der Waals surface area contributed by atoms with Crippen LogP contribution in [0, 0.1) is 0 Å². The molecule has 0 aliphatic carbocycles. The van der Waals surface area contributed by atoms with Gasteiger partial charge in [0.25, 0.3) is 11.5 Å². The highest BCUT2D eigenvalue weighted by molar-refractivity contribution is 5.88.